The number of aliphatic hydroxyl groups is 1. The van der Waals surface area contributed by atoms with Crippen LogP contribution in [0, 0.1) is 0 Å². The smallest absolute Gasteiger partial charge is 0.326 e. The second-order valence-electron chi connectivity index (χ2n) is 7.26. The quantitative estimate of drug-likeness (QED) is 0.282. The third-order valence-electron chi connectivity index (χ3n) is 5.24. The Morgan fingerprint density at radius 2 is 1.93 bits per heavy atom. The molecule has 29 heavy (non-hydrogen) atoms. The summed E-state index contributed by atoms with van der Waals surface area (Å²) in [6.07, 6.45) is 4.74. The van der Waals surface area contributed by atoms with E-state index in [1.54, 1.807) is 0 Å². The van der Waals surface area contributed by atoms with Crippen molar-refractivity contribution < 1.29 is 29.4 Å². The first kappa shape index (κ1) is 23.4. The van der Waals surface area contributed by atoms with E-state index < -0.39 is 42.5 Å². The van der Waals surface area contributed by atoms with Gasteiger partial charge in [0, 0.05) is 6.54 Å². The summed E-state index contributed by atoms with van der Waals surface area (Å²) in [6, 6.07) is -3.38. The largest absolute Gasteiger partial charge is 0.480 e. The zero-order valence-electron chi connectivity index (χ0n) is 16.6. The number of nitrogens with one attached hydrogen (secondary N) is 3. The van der Waals surface area contributed by atoms with Crippen LogP contribution in [0.15, 0.2) is 0 Å². The monoisotopic (exact) mass is 430 g/mol. The molecule has 11 heteroatoms. The first-order chi connectivity index (χ1) is 13.9. The molecule has 4 atom stereocenters. The van der Waals surface area contributed by atoms with E-state index in [9.17, 15) is 29.4 Å². The predicted octanol–water partition coefficient (Wildman–Crippen LogP) is -1.47. The van der Waals surface area contributed by atoms with E-state index in [0.717, 1.165) is 13.0 Å². The van der Waals surface area contributed by atoms with E-state index in [1.165, 1.54) is 16.7 Å². The van der Waals surface area contributed by atoms with Crippen LogP contribution < -0.4 is 16.0 Å². The Hall–Kier alpha value is -1.85. The molecule has 0 bridgehead atoms. The number of nitrogens with zero attached hydrogens (tertiary/aromatic N) is 1. The molecule has 0 aromatic rings. The van der Waals surface area contributed by atoms with Gasteiger partial charge in [0.15, 0.2) is 0 Å². The lowest BCUT2D eigenvalue weighted by Gasteiger charge is -2.28. The molecule has 3 amide bonds. The van der Waals surface area contributed by atoms with Gasteiger partial charge in [-0.25, -0.2) is 4.79 Å². The fraction of sp³-hybridized carbons (Fsp3) is 0.778. The zero-order chi connectivity index (χ0) is 21.4. The molecule has 2 aliphatic heterocycles. The number of carbonyl (C=O) groups is 4. The Morgan fingerprint density at radius 3 is 2.52 bits per heavy atom. The summed E-state index contributed by atoms with van der Waals surface area (Å²) in [5, 5.41) is 27.2. The van der Waals surface area contributed by atoms with Gasteiger partial charge in [-0.2, -0.15) is 11.8 Å². The molecule has 0 spiro atoms. The second-order valence-corrected chi connectivity index (χ2v) is 8.25. The number of hydrogen-bond acceptors (Lipinski definition) is 7. The molecular weight excluding hydrogens is 400 g/mol. The lowest BCUT2D eigenvalue weighted by atomic mass is 10.1. The maximum absolute atomic E-state index is 12.7. The van der Waals surface area contributed by atoms with E-state index in [-0.39, 0.29) is 18.5 Å². The van der Waals surface area contributed by atoms with Gasteiger partial charge in [-0.15, -0.1) is 0 Å². The highest BCUT2D eigenvalue weighted by molar-refractivity contribution is 7.98. The minimum atomic E-state index is -1.25. The van der Waals surface area contributed by atoms with Crippen LogP contribution >= 0.6 is 11.8 Å². The lowest BCUT2D eigenvalue weighted by molar-refractivity contribution is -0.150. The van der Waals surface area contributed by atoms with E-state index in [0.29, 0.717) is 31.4 Å². The van der Waals surface area contributed by atoms with Crippen LogP contribution in [0.3, 0.4) is 0 Å². The van der Waals surface area contributed by atoms with Crippen LogP contribution in [0.4, 0.5) is 0 Å². The van der Waals surface area contributed by atoms with Crippen molar-refractivity contribution >= 4 is 35.5 Å². The van der Waals surface area contributed by atoms with Crippen LogP contribution in [0.5, 0.6) is 0 Å². The molecule has 0 aromatic carbocycles. The number of carboxylic acids is 1. The fourth-order valence-corrected chi connectivity index (χ4v) is 4.10. The van der Waals surface area contributed by atoms with E-state index in [2.05, 4.69) is 16.0 Å². The van der Waals surface area contributed by atoms with Gasteiger partial charge in [0.25, 0.3) is 0 Å². The van der Waals surface area contributed by atoms with E-state index >= 15 is 0 Å². The number of rotatable bonds is 10. The van der Waals surface area contributed by atoms with Gasteiger partial charge < -0.3 is 31.1 Å². The van der Waals surface area contributed by atoms with Crippen molar-refractivity contribution in [1.29, 1.82) is 0 Å². The van der Waals surface area contributed by atoms with Crippen molar-refractivity contribution in [3.05, 3.63) is 0 Å². The zero-order valence-corrected chi connectivity index (χ0v) is 17.4. The fourth-order valence-electron chi connectivity index (χ4n) is 3.63. The number of amides is 3. The number of hydrogen-bond donors (Lipinski definition) is 5. The Labute approximate surface area is 174 Å². The highest BCUT2D eigenvalue weighted by atomic mass is 32.2. The van der Waals surface area contributed by atoms with Gasteiger partial charge >= 0.3 is 5.97 Å². The maximum Gasteiger partial charge on any atom is 0.326 e. The lowest BCUT2D eigenvalue weighted by Crippen LogP contribution is -2.58. The average Bonchev–Trinajstić information content (AvgIpc) is 3.40. The second kappa shape index (κ2) is 11.4. The van der Waals surface area contributed by atoms with Crippen molar-refractivity contribution in [1.82, 2.24) is 20.9 Å². The molecule has 4 unspecified atom stereocenters. The van der Waals surface area contributed by atoms with Crippen LogP contribution in [0.1, 0.15) is 32.1 Å². The number of aliphatic carboxylic acids is 1. The summed E-state index contributed by atoms with van der Waals surface area (Å²) < 4.78 is 0. The molecule has 10 nitrogen and oxygen atoms in total. The molecule has 0 radical (unpaired) electrons. The van der Waals surface area contributed by atoms with Crippen LogP contribution in [-0.2, 0) is 19.2 Å². The number of thioether (sulfide) groups is 1. The van der Waals surface area contributed by atoms with Gasteiger partial charge in [-0.05, 0) is 50.7 Å². The van der Waals surface area contributed by atoms with Crippen molar-refractivity contribution in [3.63, 3.8) is 0 Å². The molecule has 5 N–H and O–H groups in total. The third-order valence-corrected chi connectivity index (χ3v) is 5.88. The van der Waals surface area contributed by atoms with Gasteiger partial charge in [0.2, 0.25) is 17.7 Å². The summed E-state index contributed by atoms with van der Waals surface area (Å²) in [4.78, 5) is 50.3. The number of carboxylic acid groups (broad SMARTS) is 1. The molecular formula is C18H30N4O6S. The van der Waals surface area contributed by atoms with Crippen molar-refractivity contribution in [3.8, 4) is 0 Å². The van der Waals surface area contributed by atoms with Crippen LogP contribution in [0.25, 0.3) is 0 Å². The van der Waals surface area contributed by atoms with Gasteiger partial charge in [-0.1, -0.05) is 0 Å². The van der Waals surface area contributed by atoms with E-state index in [1.807, 2.05) is 6.26 Å². The molecule has 2 fully saturated rings. The van der Waals surface area contributed by atoms with Crippen LogP contribution in [0.2, 0.25) is 0 Å². The van der Waals surface area contributed by atoms with Crippen LogP contribution in [-0.4, -0.2) is 94.7 Å². The van der Waals surface area contributed by atoms with Crippen molar-refractivity contribution in [2.75, 3.05) is 31.7 Å². The SMILES string of the molecule is CSCCC(NC(=O)C1CCCN1)C(=O)NC(CO)C(=O)N1CCCC1C(=O)O. The minimum absolute atomic E-state index is 0.263. The highest BCUT2D eigenvalue weighted by Gasteiger charge is 2.38. The number of aliphatic hydroxyl groups excluding tert-OH is 1. The van der Waals surface area contributed by atoms with Gasteiger partial charge in [-0.3, -0.25) is 14.4 Å². The highest BCUT2D eigenvalue weighted by Crippen LogP contribution is 2.18. The molecule has 2 heterocycles. The Kier molecular flexibility index (Phi) is 9.18. The van der Waals surface area contributed by atoms with Gasteiger partial charge in [0.05, 0.1) is 12.6 Å². The molecule has 2 aliphatic rings. The topological polar surface area (TPSA) is 148 Å². The summed E-state index contributed by atoms with van der Waals surface area (Å²) in [6.45, 7) is 0.365. The summed E-state index contributed by atoms with van der Waals surface area (Å²) in [7, 11) is 0. The Bertz CT molecular complexity index is 613. The summed E-state index contributed by atoms with van der Waals surface area (Å²) in [5.74, 6) is -1.93. The molecule has 2 saturated heterocycles. The summed E-state index contributed by atoms with van der Waals surface area (Å²) >= 11 is 1.52. The molecule has 2 rings (SSSR count). The number of carbonyl (C=O) groups excluding carboxylic acids is 3. The third kappa shape index (κ3) is 6.31. The maximum atomic E-state index is 12.7. The van der Waals surface area contributed by atoms with Gasteiger partial charge in [0.1, 0.15) is 18.1 Å². The van der Waals surface area contributed by atoms with Crippen molar-refractivity contribution in [2.45, 2.75) is 56.3 Å². The molecule has 0 saturated carbocycles. The normalized spacial score (nSPS) is 23.4. The van der Waals surface area contributed by atoms with E-state index in [4.69, 9.17) is 0 Å². The standard InChI is InChI=1S/C18H30N4O6S/c1-29-9-6-12(20-15(24)11-4-2-7-19-11)16(25)21-13(10-23)17(26)22-8-3-5-14(22)18(27)28/h11-14,19,23H,2-10H2,1H3,(H,20,24)(H,21,25)(H,27,28). The molecule has 0 aliphatic carbocycles. The van der Waals surface area contributed by atoms with Crippen molar-refractivity contribution in [2.24, 2.45) is 0 Å². The molecule has 164 valence electrons. The average molecular weight is 431 g/mol. The Balaban J connectivity index is 2.01. The first-order valence-electron chi connectivity index (χ1n) is 9.86. The first-order valence-corrected chi connectivity index (χ1v) is 11.3. The summed E-state index contributed by atoms with van der Waals surface area (Å²) in [5.41, 5.74) is 0. The minimum Gasteiger partial charge on any atom is -0.480 e. The molecule has 0 aromatic heterocycles. The predicted molar refractivity (Wildman–Crippen MR) is 107 cm³/mol. The Morgan fingerprint density at radius 1 is 1.17 bits per heavy atom. The number of likely N-dealkylation sites (tertiary alicyclic amines) is 1.